The zero-order valence-electron chi connectivity index (χ0n) is 17.1. The second-order valence-corrected chi connectivity index (χ2v) is 7.17. The van der Waals surface area contributed by atoms with Gasteiger partial charge in [-0.25, -0.2) is 0 Å². The van der Waals surface area contributed by atoms with Crippen LogP contribution in [0.2, 0.25) is 0 Å². The zero-order chi connectivity index (χ0) is 20.1. The molecule has 1 N–H and O–H groups in total. The van der Waals surface area contributed by atoms with Gasteiger partial charge in [0.2, 0.25) is 5.91 Å². The lowest BCUT2D eigenvalue weighted by Crippen LogP contribution is -2.46. The van der Waals surface area contributed by atoms with Crippen molar-refractivity contribution >= 4 is 11.7 Å². The summed E-state index contributed by atoms with van der Waals surface area (Å²) in [4.78, 5) is 15.2. The molecule has 0 spiro atoms. The lowest BCUT2D eigenvalue weighted by atomic mass is 9.96. The molecule has 0 radical (unpaired) electrons. The third-order valence-corrected chi connectivity index (χ3v) is 5.20. The molecular formula is C21H29N3O4. The molecule has 1 amide bonds. The Labute approximate surface area is 166 Å². The Balaban J connectivity index is 1.78. The van der Waals surface area contributed by atoms with Gasteiger partial charge < -0.3 is 19.3 Å². The number of methoxy groups -OCH3 is 2. The van der Waals surface area contributed by atoms with Gasteiger partial charge in [0.15, 0.2) is 17.3 Å². The maximum atomic E-state index is 13.0. The van der Waals surface area contributed by atoms with Crippen molar-refractivity contribution in [1.82, 2.24) is 10.1 Å². The minimum atomic E-state index is -0.210. The molecule has 2 aromatic rings. The zero-order valence-corrected chi connectivity index (χ0v) is 17.1. The van der Waals surface area contributed by atoms with Gasteiger partial charge in [0.25, 0.3) is 0 Å². The van der Waals surface area contributed by atoms with Crippen LogP contribution in [0.1, 0.15) is 43.1 Å². The monoisotopic (exact) mass is 387 g/mol. The average Bonchev–Trinajstić information content (AvgIpc) is 3.11. The second-order valence-electron chi connectivity index (χ2n) is 7.17. The molecule has 0 fully saturated rings. The number of anilines is 1. The van der Waals surface area contributed by atoms with Gasteiger partial charge in [-0.05, 0) is 43.0 Å². The molecule has 1 atom stereocenters. The summed E-state index contributed by atoms with van der Waals surface area (Å²) in [5.41, 5.74) is 2.42. The number of amides is 1. The van der Waals surface area contributed by atoms with Crippen LogP contribution in [0.5, 0.6) is 11.5 Å². The minimum Gasteiger partial charge on any atom is -0.493 e. The predicted octanol–water partition coefficient (Wildman–Crippen LogP) is 3.56. The largest absolute Gasteiger partial charge is 0.493 e. The molecule has 1 aliphatic heterocycles. The standard InChI is InChI=1S/C21H29N3O4/c1-5-6-7-17(21(25)22-20-10-14(2)28-23-20)24-9-8-15-11-18(26-3)19(27-4)12-16(15)13-24/h10-12,17H,5-9,13H2,1-4H3,(H,22,23,25)/t17-/m1/s1. The lowest BCUT2D eigenvalue weighted by molar-refractivity contribution is -0.122. The number of hydrogen-bond acceptors (Lipinski definition) is 6. The number of rotatable bonds is 8. The summed E-state index contributed by atoms with van der Waals surface area (Å²) >= 11 is 0. The van der Waals surface area contributed by atoms with E-state index in [1.807, 2.05) is 12.1 Å². The third-order valence-electron chi connectivity index (χ3n) is 5.20. The number of benzene rings is 1. The number of nitrogens with zero attached hydrogens (tertiary/aromatic N) is 2. The van der Waals surface area contributed by atoms with E-state index in [1.165, 1.54) is 11.1 Å². The van der Waals surface area contributed by atoms with E-state index in [9.17, 15) is 4.79 Å². The number of fused-ring (bicyclic) bond motifs is 1. The first-order chi connectivity index (χ1) is 13.5. The predicted molar refractivity (Wildman–Crippen MR) is 107 cm³/mol. The van der Waals surface area contributed by atoms with Crippen LogP contribution in [0.4, 0.5) is 5.82 Å². The van der Waals surface area contributed by atoms with E-state index >= 15 is 0 Å². The van der Waals surface area contributed by atoms with E-state index in [0.29, 0.717) is 18.1 Å². The number of nitrogens with one attached hydrogen (secondary N) is 1. The van der Waals surface area contributed by atoms with Crippen molar-refractivity contribution in [3.05, 3.63) is 35.1 Å². The number of ether oxygens (including phenoxy) is 2. The van der Waals surface area contributed by atoms with Crippen LogP contribution in [0, 0.1) is 6.92 Å². The Morgan fingerprint density at radius 2 is 1.96 bits per heavy atom. The highest BCUT2D eigenvalue weighted by Gasteiger charge is 2.30. The maximum absolute atomic E-state index is 13.0. The van der Waals surface area contributed by atoms with Crippen molar-refractivity contribution in [2.24, 2.45) is 0 Å². The van der Waals surface area contributed by atoms with Crippen molar-refractivity contribution in [1.29, 1.82) is 0 Å². The van der Waals surface area contributed by atoms with Crippen molar-refractivity contribution in [3.8, 4) is 11.5 Å². The van der Waals surface area contributed by atoms with Gasteiger partial charge in [-0.2, -0.15) is 0 Å². The molecule has 7 heteroatoms. The fraction of sp³-hybridized carbons (Fsp3) is 0.524. The van der Waals surface area contributed by atoms with E-state index in [4.69, 9.17) is 14.0 Å². The van der Waals surface area contributed by atoms with E-state index in [2.05, 4.69) is 22.3 Å². The molecular weight excluding hydrogens is 358 g/mol. The molecule has 2 heterocycles. The third kappa shape index (κ3) is 4.47. The quantitative estimate of drug-likeness (QED) is 0.746. The summed E-state index contributed by atoms with van der Waals surface area (Å²) in [6.45, 7) is 5.47. The first kappa shape index (κ1) is 20.2. The molecule has 0 unspecified atom stereocenters. The number of hydrogen-bond donors (Lipinski definition) is 1. The minimum absolute atomic E-state index is 0.0364. The molecule has 1 aromatic heterocycles. The van der Waals surface area contributed by atoms with Crippen LogP contribution in [-0.2, 0) is 17.8 Å². The molecule has 1 aromatic carbocycles. The lowest BCUT2D eigenvalue weighted by Gasteiger charge is -2.35. The summed E-state index contributed by atoms with van der Waals surface area (Å²) in [7, 11) is 3.29. The maximum Gasteiger partial charge on any atom is 0.242 e. The summed E-state index contributed by atoms with van der Waals surface area (Å²) in [5, 5.41) is 6.79. The Bertz CT molecular complexity index is 818. The number of carbonyl (C=O) groups is 1. The Morgan fingerprint density at radius 3 is 2.57 bits per heavy atom. The first-order valence-electron chi connectivity index (χ1n) is 9.77. The Kier molecular flexibility index (Phi) is 6.57. The number of aryl methyl sites for hydroxylation is 1. The summed E-state index contributed by atoms with van der Waals surface area (Å²) in [6, 6.07) is 5.59. The first-order valence-corrected chi connectivity index (χ1v) is 9.77. The van der Waals surface area contributed by atoms with Gasteiger partial charge in [0.05, 0.1) is 20.3 Å². The Hall–Kier alpha value is -2.54. The van der Waals surface area contributed by atoms with E-state index in [-0.39, 0.29) is 11.9 Å². The van der Waals surface area contributed by atoms with Crippen LogP contribution in [-0.4, -0.2) is 42.8 Å². The SMILES string of the molecule is CCCC[C@H](C(=O)Nc1cc(C)on1)N1CCc2cc(OC)c(OC)cc2C1. The van der Waals surface area contributed by atoms with Crippen molar-refractivity contribution < 1.29 is 18.8 Å². The van der Waals surface area contributed by atoms with Crippen LogP contribution in [0.15, 0.2) is 22.7 Å². The summed E-state index contributed by atoms with van der Waals surface area (Å²) in [5.74, 6) is 2.57. The highest BCUT2D eigenvalue weighted by atomic mass is 16.5. The normalized spacial score (nSPS) is 15.0. The molecule has 0 aliphatic carbocycles. The summed E-state index contributed by atoms with van der Waals surface area (Å²) in [6.07, 6.45) is 3.71. The van der Waals surface area contributed by atoms with Crippen molar-refractivity contribution in [2.45, 2.75) is 52.1 Å². The summed E-state index contributed by atoms with van der Waals surface area (Å²) < 4.78 is 15.9. The molecule has 1 aliphatic rings. The van der Waals surface area contributed by atoms with Crippen molar-refractivity contribution in [2.75, 3.05) is 26.1 Å². The molecule has 0 saturated heterocycles. The Morgan fingerprint density at radius 1 is 1.25 bits per heavy atom. The molecule has 28 heavy (non-hydrogen) atoms. The van der Waals surface area contributed by atoms with Gasteiger partial charge >= 0.3 is 0 Å². The van der Waals surface area contributed by atoms with Gasteiger partial charge in [0.1, 0.15) is 5.76 Å². The smallest absolute Gasteiger partial charge is 0.242 e. The highest BCUT2D eigenvalue weighted by molar-refractivity contribution is 5.94. The molecule has 3 rings (SSSR count). The van der Waals surface area contributed by atoms with E-state index in [1.54, 1.807) is 27.2 Å². The van der Waals surface area contributed by atoms with E-state index in [0.717, 1.165) is 43.7 Å². The van der Waals surface area contributed by atoms with Crippen LogP contribution < -0.4 is 14.8 Å². The highest BCUT2D eigenvalue weighted by Crippen LogP contribution is 2.34. The van der Waals surface area contributed by atoms with Crippen molar-refractivity contribution in [3.63, 3.8) is 0 Å². The molecule has 0 saturated carbocycles. The average molecular weight is 387 g/mol. The number of carbonyl (C=O) groups excluding carboxylic acids is 1. The van der Waals surface area contributed by atoms with Gasteiger partial charge in [-0.1, -0.05) is 24.9 Å². The van der Waals surface area contributed by atoms with E-state index < -0.39 is 0 Å². The fourth-order valence-corrected chi connectivity index (χ4v) is 3.68. The van der Waals surface area contributed by atoms with Gasteiger partial charge in [-0.3, -0.25) is 9.69 Å². The van der Waals surface area contributed by atoms with Crippen LogP contribution in [0.25, 0.3) is 0 Å². The second kappa shape index (κ2) is 9.10. The number of unbranched alkanes of at least 4 members (excludes halogenated alkanes) is 1. The van der Waals surface area contributed by atoms with Gasteiger partial charge in [0, 0.05) is 19.2 Å². The molecule has 7 nitrogen and oxygen atoms in total. The molecule has 0 bridgehead atoms. The van der Waals surface area contributed by atoms with Crippen LogP contribution in [0.3, 0.4) is 0 Å². The molecule has 152 valence electrons. The van der Waals surface area contributed by atoms with Gasteiger partial charge in [-0.15, -0.1) is 0 Å². The number of aromatic nitrogens is 1. The topological polar surface area (TPSA) is 76.8 Å². The fourth-order valence-electron chi connectivity index (χ4n) is 3.68. The van der Waals surface area contributed by atoms with Crippen LogP contribution >= 0.6 is 0 Å².